The molecule has 0 radical (unpaired) electrons. The maximum atomic E-state index is 6.38. The summed E-state index contributed by atoms with van der Waals surface area (Å²) in [5.41, 5.74) is 0. The first kappa shape index (κ1) is 24.8. The molecule has 0 atom stereocenters. The van der Waals surface area contributed by atoms with E-state index in [4.69, 9.17) is 4.43 Å². The van der Waals surface area contributed by atoms with Crippen LogP contribution in [0.2, 0.25) is 19.6 Å². The van der Waals surface area contributed by atoms with Crippen LogP contribution in [0.15, 0.2) is 11.8 Å². The molecular weight excluding hydrogens is 344 g/mol. The van der Waals surface area contributed by atoms with Gasteiger partial charge in [0.1, 0.15) is 0 Å². The van der Waals surface area contributed by atoms with Crippen molar-refractivity contribution in [1.82, 2.24) is 0 Å². The molecule has 27 heavy (non-hydrogen) atoms. The van der Waals surface area contributed by atoms with Crippen molar-refractivity contribution in [2.75, 3.05) is 0 Å². The summed E-state index contributed by atoms with van der Waals surface area (Å²) in [4.78, 5) is 0. The lowest BCUT2D eigenvalue weighted by molar-refractivity contribution is 0.387. The Morgan fingerprint density at radius 1 is 0.519 bits per heavy atom. The molecule has 0 bridgehead atoms. The predicted octanol–water partition coefficient (Wildman–Crippen LogP) is 9.54. The molecule has 1 aliphatic rings. The summed E-state index contributed by atoms with van der Waals surface area (Å²) < 4.78 is 6.38. The van der Waals surface area contributed by atoms with Crippen LogP contribution in [0.1, 0.15) is 128 Å². The van der Waals surface area contributed by atoms with E-state index >= 15 is 0 Å². The van der Waals surface area contributed by atoms with Crippen molar-refractivity contribution in [3.05, 3.63) is 11.8 Å². The van der Waals surface area contributed by atoms with Gasteiger partial charge < -0.3 is 4.43 Å². The number of hydrogen-bond donors (Lipinski definition) is 0. The Hall–Kier alpha value is -0.243. The fourth-order valence-corrected chi connectivity index (χ4v) is 5.10. The molecule has 1 rings (SSSR count). The van der Waals surface area contributed by atoms with Crippen LogP contribution in [0.4, 0.5) is 0 Å². The summed E-state index contributed by atoms with van der Waals surface area (Å²) in [6.45, 7) is 6.95. The van der Waals surface area contributed by atoms with Crippen molar-refractivity contribution >= 4 is 8.32 Å². The molecule has 0 heterocycles. The molecule has 0 aromatic carbocycles. The maximum absolute atomic E-state index is 6.38. The normalized spacial score (nSPS) is 24.0. The van der Waals surface area contributed by atoms with Crippen LogP contribution in [-0.2, 0) is 4.43 Å². The van der Waals surface area contributed by atoms with Crippen LogP contribution in [-0.4, -0.2) is 8.32 Å². The molecule has 0 aliphatic heterocycles. The third-order valence-corrected chi connectivity index (χ3v) is 6.56. The van der Waals surface area contributed by atoms with E-state index in [-0.39, 0.29) is 0 Å². The second kappa shape index (κ2) is 16.7. The fourth-order valence-electron chi connectivity index (χ4n) is 4.12. The van der Waals surface area contributed by atoms with Crippen LogP contribution in [0.25, 0.3) is 0 Å². The van der Waals surface area contributed by atoms with Gasteiger partial charge in [-0.05, 0) is 45.0 Å². The lowest BCUT2D eigenvalue weighted by Crippen LogP contribution is -2.24. The predicted molar refractivity (Wildman–Crippen MR) is 125 cm³/mol. The monoisotopic (exact) mass is 394 g/mol. The van der Waals surface area contributed by atoms with Crippen molar-refractivity contribution in [3.63, 3.8) is 0 Å². The Bertz CT molecular complexity index is 356. The van der Waals surface area contributed by atoms with Gasteiger partial charge in [-0.3, -0.25) is 0 Å². The topological polar surface area (TPSA) is 9.23 Å². The van der Waals surface area contributed by atoms with E-state index in [0.717, 1.165) is 0 Å². The molecule has 0 N–H and O–H groups in total. The zero-order valence-corrected chi connectivity index (χ0v) is 20.1. The van der Waals surface area contributed by atoms with E-state index in [1.54, 1.807) is 0 Å². The Morgan fingerprint density at radius 3 is 1.22 bits per heavy atom. The summed E-state index contributed by atoms with van der Waals surface area (Å²) in [5.74, 6) is 1.32. The molecule has 0 fully saturated rings. The first-order valence-corrected chi connectivity index (χ1v) is 15.9. The van der Waals surface area contributed by atoms with Gasteiger partial charge in [0.2, 0.25) is 8.32 Å². The second-order valence-electron chi connectivity index (χ2n) is 9.79. The van der Waals surface area contributed by atoms with Gasteiger partial charge >= 0.3 is 0 Å². The zero-order chi connectivity index (χ0) is 19.6. The highest BCUT2D eigenvalue weighted by Crippen LogP contribution is 2.20. The Labute approximate surface area is 172 Å². The van der Waals surface area contributed by atoms with Crippen molar-refractivity contribution in [2.24, 2.45) is 0 Å². The van der Waals surface area contributed by atoms with Gasteiger partial charge in [-0.2, -0.15) is 0 Å². The molecule has 1 aliphatic carbocycles. The minimum absolute atomic E-state index is 1.17. The molecule has 0 saturated heterocycles. The van der Waals surface area contributed by atoms with Crippen LogP contribution >= 0.6 is 0 Å². The van der Waals surface area contributed by atoms with E-state index in [0.29, 0.717) is 0 Å². The summed E-state index contributed by atoms with van der Waals surface area (Å²) >= 11 is 0. The van der Waals surface area contributed by atoms with Crippen LogP contribution in [0.3, 0.4) is 0 Å². The summed E-state index contributed by atoms with van der Waals surface area (Å²) in [7, 11) is -1.47. The van der Waals surface area contributed by atoms with Crippen LogP contribution in [0, 0.1) is 0 Å². The average molecular weight is 395 g/mol. The summed E-state index contributed by atoms with van der Waals surface area (Å²) in [6.07, 6.45) is 30.7. The quantitative estimate of drug-likeness (QED) is 0.423. The zero-order valence-electron chi connectivity index (χ0n) is 19.1. The standard InChI is InChI=1S/C25H50OSi/c1-27(2,3)26-25-23-21-19-17-15-13-11-9-7-5-4-6-8-10-12-14-16-18-20-22-24-25/h23H,4-22,24H2,1-3H3/b25-23+. The van der Waals surface area contributed by atoms with Gasteiger partial charge in [0.15, 0.2) is 0 Å². The smallest absolute Gasteiger partial charge is 0.241 e. The molecule has 0 aromatic heterocycles. The highest BCUT2D eigenvalue weighted by molar-refractivity contribution is 6.70. The lowest BCUT2D eigenvalue weighted by Gasteiger charge is -2.22. The number of hydrogen-bond acceptors (Lipinski definition) is 1. The molecule has 0 unspecified atom stereocenters. The first-order chi connectivity index (χ1) is 13.1. The summed E-state index contributed by atoms with van der Waals surface area (Å²) in [5, 5.41) is 0. The molecule has 1 nitrogen and oxygen atoms in total. The van der Waals surface area contributed by atoms with Crippen molar-refractivity contribution in [3.8, 4) is 0 Å². The third-order valence-electron chi connectivity index (χ3n) is 5.69. The highest BCUT2D eigenvalue weighted by Gasteiger charge is 2.17. The van der Waals surface area contributed by atoms with Gasteiger partial charge in [-0.15, -0.1) is 0 Å². The highest BCUT2D eigenvalue weighted by atomic mass is 28.4. The van der Waals surface area contributed by atoms with Gasteiger partial charge in [0, 0.05) is 6.42 Å². The van der Waals surface area contributed by atoms with Gasteiger partial charge in [0.05, 0.1) is 5.76 Å². The largest absolute Gasteiger partial charge is 0.548 e. The Balaban J connectivity index is 2.34. The van der Waals surface area contributed by atoms with Gasteiger partial charge in [0.25, 0.3) is 0 Å². The molecule has 160 valence electrons. The van der Waals surface area contributed by atoms with Crippen LogP contribution < -0.4 is 0 Å². The van der Waals surface area contributed by atoms with E-state index < -0.39 is 8.32 Å². The van der Waals surface area contributed by atoms with Crippen molar-refractivity contribution in [1.29, 1.82) is 0 Å². The first-order valence-electron chi connectivity index (χ1n) is 12.5. The number of rotatable bonds is 2. The molecule has 0 aromatic rings. The fraction of sp³-hybridized carbons (Fsp3) is 0.920. The van der Waals surface area contributed by atoms with E-state index in [9.17, 15) is 0 Å². The van der Waals surface area contributed by atoms with Crippen molar-refractivity contribution in [2.45, 2.75) is 148 Å². The SMILES string of the molecule is C[Si](C)(C)O/C1=C/CCCCCCCCCCCCCCCCCCCC1. The molecule has 0 spiro atoms. The van der Waals surface area contributed by atoms with Gasteiger partial charge in [-0.25, -0.2) is 0 Å². The Kier molecular flexibility index (Phi) is 15.3. The van der Waals surface area contributed by atoms with Gasteiger partial charge in [-0.1, -0.05) is 103 Å². The van der Waals surface area contributed by atoms with E-state index in [2.05, 4.69) is 25.7 Å². The lowest BCUT2D eigenvalue weighted by atomic mass is 10.0. The maximum Gasteiger partial charge on any atom is 0.241 e. The minimum Gasteiger partial charge on any atom is -0.548 e. The molecule has 0 amide bonds. The van der Waals surface area contributed by atoms with Crippen molar-refractivity contribution < 1.29 is 4.43 Å². The third kappa shape index (κ3) is 17.6. The molecule has 2 heteroatoms. The second-order valence-corrected chi connectivity index (χ2v) is 14.2. The number of allylic oxidation sites excluding steroid dienone is 2. The van der Waals surface area contributed by atoms with Crippen LogP contribution in [0.5, 0.6) is 0 Å². The summed E-state index contributed by atoms with van der Waals surface area (Å²) in [6, 6.07) is 0. The van der Waals surface area contributed by atoms with E-state index in [1.807, 2.05) is 0 Å². The van der Waals surface area contributed by atoms with E-state index in [1.165, 1.54) is 134 Å². The average Bonchev–Trinajstić information content (AvgIpc) is 2.60. The Morgan fingerprint density at radius 2 is 0.852 bits per heavy atom. The molecule has 0 saturated carbocycles. The molecular formula is C25H50OSi. The minimum atomic E-state index is -1.47.